The average Bonchev–Trinajstić information content (AvgIpc) is 2.03. The van der Waals surface area contributed by atoms with Crippen LogP contribution >= 0.6 is 24.0 Å². The molecule has 1 heterocycles. The van der Waals surface area contributed by atoms with Crippen LogP contribution in [0.4, 0.5) is 0 Å². The molecule has 1 aliphatic rings. The van der Waals surface area contributed by atoms with Gasteiger partial charge in [0, 0.05) is 18.3 Å². The minimum atomic E-state index is 0.564. The van der Waals surface area contributed by atoms with Crippen molar-refractivity contribution in [2.24, 2.45) is 5.73 Å². The molecule has 4 heteroatoms. The van der Waals surface area contributed by atoms with Gasteiger partial charge in [0.25, 0.3) is 0 Å². The van der Waals surface area contributed by atoms with Crippen LogP contribution in [0.3, 0.4) is 0 Å². The Morgan fingerprint density at radius 3 is 2.85 bits per heavy atom. The van der Waals surface area contributed by atoms with Crippen molar-refractivity contribution in [2.45, 2.75) is 37.2 Å². The van der Waals surface area contributed by atoms with E-state index in [-0.39, 0.29) is 0 Å². The van der Waals surface area contributed by atoms with E-state index in [1.54, 1.807) is 0 Å². The third-order valence-electron chi connectivity index (χ3n) is 2.15. The second kappa shape index (κ2) is 5.05. The van der Waals surface area contributed by atoms with Crippen LogP contribution in [0.2, 0.25) is 0 Å². The minimum absolute atomic E-state index is 0.564. The molecular weight excluding hydrogens is 200 g/mol. The van der Waals surface area contributed by atoms with Crippen LogP contribution in [0.15, 0.2) is 0 Å². The molecule has 0 aromatic carbocycles. The van der Waals surface area contributed by atoms with Crippen molar-refractivity contribution in [3.8, 4) is 0 Å². The highest BCUT2D eigenvalue weighted by atomic mass is 32.2. The van der Waals surface area contributed by atoms with E-state index in [9.17, 15) is 0 Å². The molecule has 1 unspecified atom stereocenters. The third-order valence-corrected chi connectivity index (χ3v) is 3.73. The highest BCUT2D eigenvalue weighted by molar-refractivity contribution is 8.00. The van der Waals surface area contributed by atoms with Gasteiger partial charge in [-0.1, -0.05) is 13.8 Å². The van der Waals surface area contributed by atoms with Crippen LogP contribution < -0.4 is 5.73 Å². The number of likely N-dealkylation sites (tertiary alicyclic amines) is 1. The SMILES string of the molecule is CC(C)SC1CCCN(C(N)=S)C1. The molecule has 76 valence electrons. The Kier molecular flexibility index (Phi) is 4.32. The second-order valence-corrected chi connectivity index (χ2v) is 6.03. The first-order valence-corrected chi connectivity index (χ1v) is 6.14. The summed E-state index contributed by atoms with van der Waals surface area (Å²) in [4.78, 5) is 2.12. The first-order valence-electron chi connectivity index (χ1n) is 4.79. The summed E-state index contributed by atoms with van der Waals surface area (Å²) < 4.78 is 0. The van der Waals surface area contributed by atoms with Crippen molar-refractivity contribution < 1.29 is 0 Å². The zero-order valence-corrected chi connectivity index (χ0v) is 9.96. The molecule has 1 aliphatic heterocycles. The molecule has 1 saturated heterocycles. The number of piperidine rings is 1. The first kappa shape index (κ1) is 11.1. The van der Waals surface area contributed by atoms with Crippen LogP contribution in [0.25, 0.3) is 0 Å². The summed E-state index contributed by atoms with van der Waals surface area (Å²) in [6, 6.07) is 0. The summed E-state index contributed by atoms with van der Waals surface area (Å²) in [6.45, 7) is 6.57. The molecule has 2 nitrogen and oxygen atoms in total. The van der Waals surface area contributed by atoms with Crippen LogP contribution in [0, 0.1) is 0 Å². The molecule has 1 rings (SSSR count). The average molecular weight is 218 g/mol. The maximum atomic E-state index is 5.61. The normalized spacial score (nSPS) is 23.6. The van der Waals surface area contributed by atoms with E-state index in [1.165, 1.54) is 12.8 Å². The molecule has 0 spiro atoms. The van der Waals surface area contributed by atoms with Crippen molar-refractivity contribution in [1.29, 1.82) is 0 Å². The molecule has 1 fully saturated rings. The summed E-state index contributed by atoms with van der Waals surface area (Å²) in [5.74, 6) is 0. The van der Waals surface area contributed by atoms with Gasteiger partial charge in [0.1, 0.15) is 0 Å². The maximum Gasteiger partial charge on any atom is 0.166 e. The fourth-order valence-electron chi connectivity index (χ4n) is 1.63. The number of hydrogen-bond acceptors (Lipinski definition) is 2. The Balaban J connectivity index is 2.37. The Labute approximate surface area is 90.2 Å². The van der Waals surface area contributed by atoms with Gasteiger partial charge in [0.2, 0.25) is 0 Å². The highest BCUT2D eigenvalue weighted by Crippen LogP contribution is 2.25. The van der Waals surface area contributed by atoms with Crippen molar-refractivity contribution in [3.63, 3.8) is 0 Å². The van der Waals surface area contributed by atoms with Crippen molar-refractivity contribution in [1.82, 2.24) is 4.90 Å². The van der Waals surface area contributed by atoms with Crippen LogP contribution in [-0.4, -0.2) is 33.6 Å². The lowest BCUT2D eigenvalue weighted by molar-refractivity contribution is 0.351. The summed E-state index contributed by atoms with van der Waals surface area (Å²) in [6.07, 6.45) is 2.53. The Bertz CT molecular complexity index is 182. The molecule has 0 aromatic heterocycles. The molecule has 0 saturated carbocycles. The van der Waals surface area contributed by atoms with Gasteiger partial charge in [-0.05, 0) is 30.3 Å². The van der Waals surface area contributed by atoms with Gasteiger partial charge in [0.15, 0.2) is 5.11 Å². The van der Waals surface area contributed by atoms with Gasteiger partial charge in [-0.3, -0.25) is 0 Å². The molecule has 2 N–H and O–H groups in total. The monoisotopic (exact) mass is 218 g/mol. The molecule has 0 amide bonds. The van der Waals surface area contributed by atoms with E-state index in [2.05, 4.69) is 18.7 Å². The Morgan fingerprint density at radius 1 is 1.62 bits per heavy atom. The molecule has 1 atom stereocenters. The largest absolute Gasteiger partial charge is 0.376 e. The molecule has 0 bridgehead atoms. The number of thioether (sulfide) groups is 1. The number of thiocarbonyl (C=S) groups is 1. The fraction of sp³-hybridized carbons (Fsp3) is 0.889. The predicted octanol–water partition coefficient (Wildman–Crippen LogP) is 1.84. The fourth-order valence-corrected chi connectivity index (χ4v) is 3.14. The van der Waals surface area contributed by atoms with E-state index in [0.717, 1.165) is 18.3 Å². The molecule has 13 heavy (non-hydrogen) atoms. The molecular formula is C9H18N2S2. The smallest absolute Gasteiger partial charge is 0.166 e. The van der Waals surface area contributed by atoms with E-state index >= 15 is 0 Å². The topological polar surface area (TPSA) is 29.3 Å². The first-order chi connectivity index (χ1) is 6.09. The van der Waals surface area contributed by atoms with E-state index < -0.39 is 0 Å². The summed E-state index contributed by atoms with van der Waals surface area (Å²) in [5, 5.41) is 1.99. The predicted molar refractivity (Wildman–Crippen MR) is 64.1 cm³/mol. The molecule has 0 aliphatic carbocycles. The quantitative estimate of drug-likeness (QED) is 0.716. The lowest BCUT2D eigenvalue weighted by Gasteiger charge is -2.33. The highest BCUT2D eigenvalue weighted by Gasteiger charge is 2.21. The zero-order chi connectivity index (χ0) is 9.84. The van der Waals surface area contributed by atoms with E-state index in [1.807, 2.05) is 11.8 Å². The van der Waals surface area contributed by atoms with Crippen LogP contribution in [0.5, 0.6) is 0 Å². The van der Waals surface area contributed by atoms with Gasteiger partial charge in [0.05, 0.1) is 0 Å². The Hall–Kier alpha value is 0.0400. The zero-order valence-electron chi connectivity index (χ0n) is 8.32. The standard InChI is InChI=1S/C9H18N2S2/c1-7(2)13-8-4-3-5-11(6-8)9(10)12/h7-8H,3-6H2,1-2H3,(H2,10,12). The Morgan fingerprint density at radius 2 is 2.31 bits per heavy atom. The van der Waals surface area contributed by atoms with Crippen molar-refractivity contribution in [3.05, 3.63) is 0 Å². The van der Waals surface area contributed by atoms with Gasteiger partial charge in [-0.2, -0.15) is 11.8 Å². The van der Waals surface area contributed by atoms with E-state index in [0.29, 0.717) is 10.4 Å². The summed E-state index contributed by atoms with van der Waals surface area (Å²) in [5.41, 5.74) is 5.61. The van der Waals surface area contributed by atoms with Gasteiger partial charge in [-0.25, -0.2) is 0 Å². The van der Waals surface area contributed by atoms with Crippen LogP contribution in [0.1, 0.15) is 26.7 Å². The van der Waals surface area contributed by atoms with E-state index in [4.69, 9.17) is 18.0 Å². The maximum absolute atomic E-state index is 5.61. The van der Waals surface area contributed by atoms with Gasteiger partial charge >= 0.3 is 0 Å². The number of hydrogen-bond donors (Lipinski definition) is 1. The third kappa shape index (κ3) is 3.73. The van der Waals surface area contributed by atoms with Gasteiger partial charge < -0.3 is 10.6 Å². The molecule has 0 aromatic rings. The second-order valence-electron chi connectivity index (χ2n) is 3.73. The lowest BCUT2D eigenvalue weighted by Crippen LogP contribution is -2.44. The van der Waals surface area contributed by atoms with Crippen LogP contribution in [-0.2, 0) is 0 Å². The number of nitrogens with zero attached hydrogens (tertiary/aromatic N) is 1. The summed E-state index contributed by atoms with van der Waals surface area (Å²) >= 11 is 7.02. The van der Waals surface area contributed by atoms with Crippen molar-refractivity contribution >= 4 is 29.1 Å². The lowest BCUT2D eigenvalue weighted by atomic mass is 10.1. The number of rotatable bonds is 2. The summed E-state index contributed by atoms with van der Waals surface area (Å²) in [7, 11) is 0. The minimum Gasteiger partial charge on any atom is -0.376 e. The van der Waals surface area contributed by atoms with Crippen molar-refractivity contribution in [2.75, 3.05) is 13.1 Å². The van der Waals surface area contributed by atoms with Gasteiger partial charge in [-0.15, -0.1) is 0 Å². The number of nitrogens with two attached hydrogens (primary N) is 1. The molecule has 0 radical (unpaired) electrons.